The second kappa shape index (κ2) is 5.21. The van der Waals surface area contributed by atoms with Crippen LogP contribution in [0.15, 0.2) is 12.1 Å². The van der Waals surface area contributed by atoms with Crippen molar-refractivity contribution in [1.29, 1.82) is 0 Å². The summed E-state index contributed by atoms with van der Waals surface area (Å²) in [6.45, 7) is 0. The van der Waals surface area contributed by atoms with E-state index in [1.807, 2.05) is 0 Å². The Kier molecular flexibility index (Phi) is 4.20. The maximum atomic E-state index is 11.4. The van der Waals surface area contributed by atoms with Crippen LogP contribution in [0.3, 0.4) is 0 Å². The number of ether oxygens (including phenoxy) is 1. The van der Waals surface area contributed by atoms with Gasteiger partial charge in [0, 0.05) is 5.56 Å². The van der Waals surface area contributed by atoms with Gasteiger partial charge in [0.05, 0.1) is 24.3 Å². The first-order chi connectivity index (χ1) is 7.10. The first-order valence-corrected chi connectivity index (χ1v) is 4.72. The minimum Gasteiger partial charge on any atom is -0.494 e. The molecule has 15 heavy (non-hydrogen) atoms. The highest BCUT2D eigenvalue weighted by molar-refractivity contribution is 6.37. The zero-order chi connectivity index (χ0) is 11.4. The molecule has 0 radical (unpaired) electrons. The van der Waals surface area contributed by atoms with E-state index in [0.29, 0.717) is 11.3 Å². The van der Waals surface area contributed by atoms with E-state index < -0.39 is 5.91 Å². The molecular formula is C9H9Cl2NO3. The fraction of sp³-hybridized carbons (Fsp3) is 0.222. The molecule has 4 nitrogen and oxygen atoms in total. The number of nitrogens with one attached hydrogen (secondary N) is 1. The van der Waals surface area contributed by atoms with Crippen LogP contribution in [0.2, 0.25) is 10.0 Å². The number of carbonyl (C=O) groups is 1. The Morgan fingerprint density at radius 1 is 1.27 bits per heavy atom. The third kappa shape index (κ3) is 2.75. The second-order valence-corrected chi connectivity index (χ2v) is 3.42. The molecule has 1 amide bonds. The molecule has 0 aromatic heterocycles. The molecule has 0 saturated heterocycles. The van der Waals surface area contributed by atoms with Crippen LogP contribution in [-0.2, 0) is 4.84 Å². The molecule has 0 spiro atoms. The summed E-state index contributed by atoms with van der Waals surface area (Å²) in [5, 5.41) is 0.539. The Balaban J connectivity index is 3.08. The molecule has 1 rings (SSSR count). The number of hydroxylamine groups is 1. The number of methoxy groups -OCH3 is 1. The second-order valence-electron chi connectivity index (χ2n) is 2.61. The molecule has 1 aromatic rings. The third-order valence-electron chi connectivity index (χ3n) is 1.66. The normalized spacial score (nSPS) is 9.87. The summed E-state index contributed by atoms with van der Waals surface area (Å²) < 4.78 is 4.94. The zero-order valence-corrected chi connectivity index (χ0v) is 9.65. The van der Waals surface area contributed by atoms with E-state index >= 15 is 0 Å². The molecule has 0 bridgehead atoms. The number of hydrogen-bond acceptors (Lipinski definition) is 3. The highest BCUT2D eigenvalue weighted by Gasteiger charge is 2.12. The van der Waals surface area contributed by atoms with E-state index in [9.17, 15) is 4.79 Å². The van der Waals surface area contributed by atoms with Gasteiger partial charge in [-0.1, -0.05) is 23.2 Å². The number of amides is 1. The molecule has 0 atom stereocenters. The van der Waals surface area contributed by atoms with Gasteiger partial charge in [0.25, 0.3) is 5.91 Å². The fourth-order valence-electron chi connectivity index (χ4n) is 1.04. The van der Waals surface area contributed by atoms with Crippen molar-refractivity contribution in [2.45, 2.75) is 0 Å². The summed E-state index contributed by atoms with van der Waals surface area (Å²) in [7, 11) is 2.78. The monoisotopic (exact) mass is 249 g/mol. The topological polar surface area (TPSA) is 47.6 Å². The fourth-order valence-corrected chi connectivity index (χ4v) is 1.68. The van der Waals surface area contributed by atoms with Crippen LogP contribution in [0.5, 0.6) is 5.75 Å². The first kappa shape index (κ1) is 12.1. The number of halogens is 2. The highest BCUT2D eigenvalue weighted by atomic mass is 35.5. The van der Waals surface area contributed by atoms with E-state index in [1.165, 1.54) is 26.4 Å². The van der Waals surface area contributed by atoms with Crippen LogP contribution >= 0.6 is 23.2 Å². The van der Waals surface area contributed by atoms with Crippen LogP contribution in [-0.4, -0.2) is 20.1 Å². The van der Waals surface area contributed by atoms with Gasteiger partial charge in [0.1, 0.15) is 0 Å². The van der Waals surface area contributed by atoms with Crippen molar-refractivity contribution in [2.75, 3.05) is 14.2 Å². The molecular weight excluding hydrogens is 241 g/mol. The molecule has 82 valence electrons. The van der Waals surface area contributed by atoms with Crippen molar-refractivity contribution < 1.29 is 14.4 Å². The lowest BCUT2D eigenvalue weighted by molar-refractivity contribution is 0.0537. The molecule has 1 N–H and O–H groups in total. The Labute approximate surface area is 97.0 Å². The van der Waals surface area contributed by atoms with E-state index in [-0.39, 0.29) is 10.0 Å². The van der Waals surface area contributed by atoms with Crippen molar-refractivity contribution in [2.24, 2.45) is 0 Å². The molecule has 0 fully saturated rings. The molecule has 0 saturated carbocycles. The Hall–Kier alpha value is -0.970. The van der Waals surface area contributed by atoms with Crippen LogP contribution in [0.1, 0.15) is 10.4 Å². The van der Waals surface area contributed by atoms with E-state index in [2.05, 4.69) is 10.3 Å². The Morgan fingerprint density at radius 2 is 1.80 bits per heavy atom. The standard InChI is InChI=1S/C9H9Cl2NO3/c1-14-8-6(10)3-5(4-7(8)11)9(13)12-15-2/h3-4H,1-2H3,(H,12,13). The van der Waals surface area contributed by atoms with Gasteiger partial charge in [-0.3, -0.25) is 9.63 Å². The molecule has 0 aliphatic carbocycles. The molecule has 0 aliphatic heterocycles. The number of benzene rings is 1. The average Bonchev–Trinajstić information content (AvgIpc) is 2.17. The van der Waals surface area contributed by atoms with Gasteiger partial charge >= 0.3 is 0 Å². The van der Waals surface area contributed by atoms with Crippen molar-refractivity contribution in [1.82, 2.24) is 5.48 Å². The smallest absolute Gasteiger partial charge is 0.274 e. The molecule has 1 aromatic carbocycles. The summed E-state index contributed by atoms with van der Waals surface area (Å²) in [6, 6.07) is 2.89. The van der Waals surface area contributed by atoms with Gasteiger partial charge in [-0.15, -0.1) is 0 Å². The summed E-state index contributed by atoms with van der Waals surface area (Å²) >= 11 is 11.7. The summed E-state index contributed by atoms with van der Waals surface area (Å²) in [6.07, 6.45) is 0. The van der Waals surface area contributed by atoms with Gasteiger partial charge in [0.15, 0.2) is 5.75 Å². The quantitative estimate of drug-likeness (QED) is 0.837. The van der Waals surface area contributed by atoms with Crippen molar-refractivity contribution in [3.05, 3.63) is 27.7 Å². The SMILES string of the molecule is CONC(=O)c1cc(Cl)c(OC)c(Cl)c1. The molecule has 6 heteroatoms. The number of rotatable bonds is 3. The maximum Gasteiger partial charge on any atom is 0.274 e. The lowest BCUT2D eigenvalue weighted by atomic mass is 10.2. The van der Waals surface area contributed by atoms with Gasteiger partial charge in [-0.25, -0.2) is 5.48 Å². The van der Waals surface area contributed by atoms with Gasteiger partial charge < -0.3 is 4.74 Å². The van der Waals surface area contributed by atoms with Crippen molar-refractivity contribution in [3.63, 3.8) is 0 Å². The van der Waals surface area contributed by atoms with E-state index in [0.717, 1.165) is 0 Å². The van der Waals surface area contributed by atoms with Gasteiger partial charge in [0.2, 0.25) is 0 Å². The minimum atomic E-state index is -0.427. The van der Waals surface area contributed by atoms with Crippen LogP contribution in [0.4, 0.5) is 0 Å². The van der Waals surface area contributed by atoms with Gasteiger partial charge in [-0.2, -0.15) is 0 Å². The maximum absolute atomic E-state index is 11.4. The van der Waals surface area contributed by atoms with Crippen molar-refractivity contribution in [3.8, 4) is 5.75 Å². The third-order valence-corrected chi connectivity index (χ3v) is 2.22. The predicted molar refractivity (Wildman–Crippen MR) is 57.5 cm³/mol. The minimum absolute atomic E-state index is 0.270. The zero-order valence-electron chi connectivity index (χ0n) is 8.14. The Morgan fingerprint density at radius 3 is 2.20 bits per heavy atom. The Bertz CT molecular complexity index is 359. The van der Waals surface area contributed by atoms with E-state index in [4.69, 9.17) is 27.9 Å². The molecule has 0 heterocycles. The summed E-state index contributed by atoms with van der Waals surface area (Å²) in [5.41, 5.74) is 2.46. The van der Waals surface area contributed by atoms with Crippen LogP contribution in [0, 0.1) is 0 Å². The van der Waals surface area contributed by atoms with Crippen molar-refractivity contribution >= 4 is 29.1 Å². The number of carbonyl (C=O) groups excluding carboxylic acids is 1. The van der Waals surface area contributed by atoms with E-state index in [1.54, 1.807) is 0 Å². The van der Waals surface area contributed by atoms with Crippen LogP contribution < -0.4 is 10.2 Å². The largest absolute Gasteiger partial charge is 0.494 e. The highest BCUT2D eigenvalue weighted by Crippen LogP contribution is 2.33. The summed E-state index contributed by atoms with van der Waals surface area (Å²) in [4.78, 5) is 15.8. The lowest BCUT2D eigenvalue weighted by Crippen LogP contribution is -2.21. The number of hydrogen-bond donors (Lipinski definition) is 1. The lowest BCUT2D eigenvalue weighted by Gasteiger charge is -2.08. The average molecular weight is 250 g/mol. The van der Waals surface area contributed by atoms with Crippen LogP contribution in [0.25, 0.3) is 0 Å². The molecule has 0 aliphatic rings. The summed E-state index contributed by atoms with van der Waals surface area (Å²) in [5.74, 6) is -0.0868. The molecule has 0 unspecified atom stereocenters. The van der Waals surface area contributed by atoms with Gasteiger partial charge in [-0.05, 0) is 12.1 Å². The predicted octanol–water partition coefficient (Wildman–Crippen LogP) is 2.29. The first-order valence-electron chi connectivity index (χ1n) is 3.96.